The number of rotatable bonds is 2. The molecule has 3 nitrogen and oxygen atoms in total. The zero-order valence-corrected chi connectivity index (χ0v) is 14.0. The maximum Gasteiger partial charge on any atom is 0.161 e. The average Bonchev–Trinajstić information content (AvgIpc) is 2.46. The highest BCUT2D eigenvalue weighted by Gasteiger charge is 2.09. The van der Waals surface area contributed by atoms with Gasteiger partial charge in [0.25, 0.3) is 0 Å². The molecule has 0 atom stereocenters. The van der Waals surface area contributed by atoms with Crippen LogP contribution in [0.2, 0.25) is 5.15 Å². The van der Waals surface area contributed by atoms with Crippen LogP contribution < -0.4 is 4.90 Å². The molecule has 0 amide bonds. The number of hydrogen-bond acceptors (Lipinski definition) is 3. The van der Waals surface area contributed by atoms with Crippen LogP contribution in [-0.2, 0) is 0 Å². The number of halogens is 2. The van der Waals surface area contributed by atoms with E-state index in [1.165, 1.54) is 0 Å². The summed E-state index contributed by atoms with van der Waals surface area (Å²) in [7, 11) is 4.01. The molecule has 1 aromatic heterocycles. The van der Waals surface area contributed by atoms with Gasteiger partial charge in [0.15, 0.2) is 5.82 Å². The van der Waals surface area contributed by atoms with Crippen molar-refractivity contribution in [3.05, 3.63) is 52.1 Å². The van der Waals surface area contributed by atoms with Gasteiger partial charge in [-0.25, -0.2) is 9.97 Å². The second kappa shape index (κ2) is 5.62. The van der Waals surface area contributed by atoms with Crippen LogP contribution in [0.5, 0.6) is 0 Å². The van der Waals surface area contributed by atoms with E-state index in [-0.39, 0.29) is 0 Å². The van der Waals surface area contributed by atoms with Crippen LogP contribution in [0.1, 0.15) is 0 Å². The first-order valence-electron chi connectivity index (χ1n) is 6.45. The molecule has 2 aromatic carbocycles. The Bertz CT molecular complexity index is 818. The van der Waals surface area contributed by atoms with Gasteiger partial charge in [0, 0.05) is 35.2 Å². The summed E-state index contributed by atoms with van der Waals surface area (Å²) >= 11 is 9.75. The minimum Gasteiger partial charge on any atom is -0.378 e. The number of benzene rings is 2. The molecule has 0 aliphatic heterocycles. The van der Waals surface area contributed by atoms with Gasteiger partial charge in [0.05, 0.1) is 5.52 Å². The van der Waals surface area contributed by atoms with Gasteiger partial charge in [-0.15, -0.1) is 0 Å². The van der Waals surface area contributed by atoms with Crippen molar-refractivity contribution < 1.29 is 0 Å². The third-order valence-corrected chi connectivity index (χ3v) is 4.01. The summed E-state index contributed by atoms with van der Waals surface area (Å²) in [5, 5.41) is 1.32. The van der Waals surface area contributed by atoms with Gasteiger partial charge in [0.1, 0.15) is 5.15 Å². The summed E-state index contributed by atoms with van der Waals surface area (Å²) in [4.78, 5) is 11.1. The molecule has 3 aromatic rings. The van der Waals surface area contributed by atoms with Crippen LogP contribution >= 0.6 is 27.5 Å². The Kier molecular flexibility index (Phi) is 3.83. The Hall–Kier alpha value is -1.65. The van der Waals surface area contributed by atoms with Gasteiger partial charge in [-0.2, -0.15) is 0 Å². The van der Waals surface area contributed by atoms with E-state index in [4.69, 9.17) is 11.6 Å². The molecule has 1 heterocycles. The van der Waals surface area contributed by atoms with Crippen LogP contribution in [0.3, 0.4) is 0 Å². The molecule has 0 aliphatic carbocycles. The molecule has 3 rings (SSSR count). The summed E-state index contributed by atoms with van der Waals surface area (Å²) in [6.07, 6.45) is 0. The average molecular weight is 363 g/mol. The summed E-state index contributed by atoms with van der Waals surface area (Å²) in [6, 6.07) is 13.9. The van der Waals surface area contributed by atoms with E-state index < -0.39 is 0 Å². The molecule has 106 valence electrons. The lowest BCUT2D eigenvalue weighted by atomic mass is 10.1. The minimum atomic E-state index is 0.470. The molecule has 0 saturated heterocycles. The molecule has 21 heavy (non-hydrogen) atoms. The van der Waals surface area contributed by atoms with Crippen LogP contribution in [0.25, 0.3) is 22.3 Å². The normalized spacial score (nSPS) is 10.9. The quantitative estimate of drug-likeness (QED) is 0.614. The fourth-order valence-corrected chi connectivity index (χ4v) is 2.71. The maximum atomic E-state index is 6.29. The van der Waals surface area contributed by atoms with E-state index >= 15 is 0 Å². The van der Waals surface area contributed by atoms with Gasteiger partial charge in [-0.05, 0) is 30.3 Å². The first-order valence-corrected chi connectivity index (χ1v) is 7.62. The molecule has 0 spiro atoms. The molecule has 0 radical (unpaired) electrons. The molecule has 0 fully saturated rings. The number of nitrogens with zero attached hydrogens (tertiary/aromatic N) is 3. The van der Waals surface area contributed by atoms with Gasteiger partial charge < -0.3 is 4.90 Å². The fraction of sp³-hybridized carbons (Fsp3) is 0.125. The molecule has 0 N–H and O–H groups in total. The topological polar surface area (TPSA) is 29.0 Å². The largest absolute Gasteiger partial charge is 0.378 e. The van der Waals surface area contributed by atoms with Crippen molar-refractivity contribution in [2.45, 2.75) is 0 Å². The molecular weight excluding hydrogens is 350 g/mol. The molecule has 0 bridgehead atoms. The lowest BCUT2D eigenvalue weighted by Crippen LogP contribution is -2.08. The second-order valence-corrected chi connectivity index (χ2v) is 6.22. The summed E-state index contributed by atoms with van der Waals surface area (Å²) in [5.41, 5.74) is 2.88. The smallest absolute Gasteiger partial charge is 0.161 e. The van der Waals surface area contributed by atoms with Crippen molar-refractivity contribution in [3.8, 4) is 11.4 Å². The van der Waals surface area contributed by atoms with Crippen LogP contribution in [0, 0.1) is 0 Å². The Morgan fingerprint density at radius 1 is 1.05 bits per heavy atom. The van der Waals surface area contributed by atoms with E-state index in [9.17, 15) is 0 Å². The number of hydrogen-bond donors (Lipinski definition) is 0. The summed E-state index contributed by atoms with van der Waals surface area (Å²) < 4.78 is 0.970. The Morgan fingerprint density at radius 3 is 2.62 bits per heavy atom. The van der Waals surface area contributed by atoms with E-state index in [2.05, 4.69) is 32.0 Å². The molecule has 5 heteroatoms. The van der Waals surface area contributed by atoms with Crippen molar-refractivity contribution in [1.29, 1.82) is 0 Å². The van der Waals surface area contributed by atoms with Crippen LogP contribution in [0.4, 0.5) is 5.69 Å². The molecule has 0 unspecified atom stereocenters. The van der Waals surface area contributed by atoms with Gasteiger partial charge in [0.2, 0.25) is 0 Å². The molecular formula is C16H13BrClN3. The number of aromatic nitrogens is 2. The number of fused-ring (bicyclic) bond motifs is 1. The number of anilines is 1. The van der Waals surface area contributed by atoms with E-state index in [0.717, 1.165) is 26.6 Å². The molecule has 0 saturated carbocycles. The zero-order valence-electron chi connectivity index (χ0n) is 11.6. The van der Waals surface area contributed by atoms with Crippen molar-refractivity contribution in [2.75, 3.05) is 19.0 Å². The van der Waals surface area contributed by atoms with Gasteiger partial charge in [-0.3, -0.25) is 0 Å². The van der Waals surface area contributed by atoms with Crippen molar-refractivity contribution in [2.24, 2.45) is 0 Å². The minimum absolute atomic E-state index is 0.470. The highest BCUT2D eigenvalue weighted by molar-refractivity contribution is 9.10. The highest BCUT2D eigenvalue weighted by Crippen LogP contribution is 2.28. The van der Waals surface area contributed by atoms with Gasteiger partial charge in [-0.1, -0.05) is 39.7 Å². The van der Waals surface area contributed by atoms with Crippen molar-refractivity contribution in [3.63, 3.8) is 0 Å². The first-order chi connectivity index (χ1) is 10.0. The SMILES string of the molecule is CN(C)c1cccc(-c2nc(Cl)c3ccc(Br)cc3n2)c1. The van der Waals surface area contributed by atoms with Crippen molar-refractivity contribution >= 4 is 44.1 Å². The monoisotopic (exact) mass is 361 g/mol. The standard InChI is InChI=1S/C16H13BrClN3/c1-21(2)12-5-3-4-10(8-12)16-19-14-9-11(17)6-7-13(14)15(18)20-16/h3-9H,1-2H3. The van der Waals surface area contributed by atoms with E-state index in [1.54, 1.807) is 0 Å². The molecule has 0 aliphatic rings. The fourth-order valence-electron chi connectivity index (χ4n) is 2.12. The van der Waals surface area contributed by atoms with E-state index in [0.29, 0.717) is 11.0 Å². The Morgan fingerprint density at radius 2 is 1.86 bits per heavy atom. The predicted molar refractivity (Wildman–Crippen MR) is 92.0 cm³/mol. The highest BCUT2D eigenvalue weighted by atomic mass is 79.9. The Balaban J connectivity index is 2.18. The third kappa shape index (κ3) is 2.87. The van der Waals surface area contributed by atoms with Crippen molar-refractivity contribution in [1.82, 2.24) is 9.97 Å². The summed E-state index contributed by atoms with van der Waals surface area (Å²) in [6.45, 7) is 0. The third-order valence-electron chi connectivity index (χ3n) is 3.23. The maximum absolute atomic E-state index is 6.29. The lowest BCUT2D eigenvalue weighted by Gasteiger charge is -2.13. The van der Waals surface area contributed by atoms with Crippen LogP contribution in [-0.4, -0.2) is 24.1 Å². The second-order valence-electron chi connectivity index (χ2n) is 4.94. The first kappa shape index (κ1) is 14.3. The van der Waals surface area contributed by atoms with Crippen LogP contribution in [0.15, 0.2) is 46.9 Å². The predicted octanol–water partition coefficient (Wildman–Crippen LogP) is 4.78. The Labute approximate surface area is 136 Å². The summed E-state index contributed by atoms with van der Waals surface area (Å²) in [5.74, 6) is 0.634. The van der Waals surface area contributed by atoms with Gasteiger partial charge >= 0.3 is 0 Å². The zero-order chi connectivity index (χ0) is 15.0. The van der Waals surface area contributed by atoms with E-state index in [1.807, 2.05) is 55.4 Å². The lowest BCUT2D eigenvalue weighted by molar-refractivity contribution is 1.13.